The van der Waals surface area contributed by atoms with Crippen molar-refractivity contribution in [3.63, 3.8) is 0 Å². The second-order valence-electron chi connectivity index (χ2n) is 8.34. The first-order chi connectivity index (χ1) is 16.5. The number of rotatable bonds is 9. The molecule has 180 valence electrons. The molecule has 2 aromatic carbocycles. The number of ether oxygens (including phenoxy) is 3. The van der Waals surface area contributed by atoms with Crippen molar-refractivity contribution < 1.29 is 28.6 Å². The minimum Gasteiger partial charge on any atom is -0.497 e. The molecule has 2 atom stereocenters. The van der Waals surface area contributed by atoms with E-state index in [2.05, 4.69) is 4.90 Å². The van der Waals surface area contributed by atoms with Crippen LogP contribution < -0.4 is 9.47 Å². The van der Waals surface area contributed by atoms with Crippen LogP contribution in [0.25, 0.3) is 0 Å². The Morgan fingerprint density at radius 2 is 1.76 bits per heavy atom. The van der Waals surface area contributed by atoms with Gasteiger partial charge in [0.25, 0.3) is 5.91 Å². The number of ketones is 2. The summed E-state index contributed by atoms with van der Waals surface area (Å²) in [7, 11) is 1.55. The molecule has 0 N–H and O–H groups in total. The van der Waals surface area contributed by atoms with Crippen LogP contribution in [0.4, 0.5) is 0 Å². The molecule has 2 saturated heterocycles. The monoisotopic (exact) mass is 466 g/mol. The Bertz CT molecular complexity index is 1030. The summed E-state index contributed by atoms with van der Waals surface area (Å²) in [5.74, 6) is -1.54. The third-order valence-corrected chi connectivity index (χ3v) is 6.33. The molecule has 8 heteroatoms. The smallest absolute Gasteiger partial charge is 0.291 e. The number of Topliss-reactive ketones (excluding diaryl/α,β-unsaturated/α-hetero) is 2. The lowest BCUT2D eigenvalue weighted by molar-refractivity contribution is -0.141. The van der Waals surface area contributed by atoms with Crippen LogP contribution in [0.2, 0.25) is 0 Å². The summed E-state index contributed by atoms with van der Waals surface area (Å²) < 4.78 is 16.2. The standard InChI is InChI=1S/C26H30N2O6/c1-3-34-21-6-4-5-19(17-21)23-22(24(29)18-7-9-20(32-2)10-8-18)25(30)26(31)28(23)12-11-27-13-15-33-16-14-27/h4-10,17,22-23H,3,11-16H2,1-2H3. The summed E-state index contributed by atoms with van der Waals surface area (Å²) in [4.78, 5) is 43.6. The van der Waals surface area contributed by atoms with Crippen LogP contribution in [0.1, 0.15) is 28.9 Å². The van der Waals surface area contributed by atoms with E-state index >= 15 is 0 Å². The Hall–Kier alpha value is -3.23. The van der Waals surface area contributed by atoms with Crippen molar-refractivity contribution in [1.82, 2.24) is 9.80 Å². The summed E-state index contributed by atoms with van der Waals surface area (Å²) in [6.45, 7) is 6.16. The van der Waals surface area contributed by atoms with Crippen LogP contribution in [-0.4, -0.2) is 80.4 Å². The van der Waals surface area contributed by atoms with E-state index in [1.165, 1.54) is 0 Å². The largest absolute Gasteiger partial charge is 0.497 e. The van der Waals surface area contributed by atoms with Gasteiger partial charge in [0.1, 0.15) is 17.4 Å². The van der Waals surface area contributed by atoms with E-state index in [0.29, 0.717) is 55.5 Å². The number of methoxy groups -OCH3 is 1. The highest BCUT2D eigenvalue weighted by Crippen LogP contribution is 2.39. The molecule has 4 rings (SSSR count). The van der Waals surface area contributed by atoms with Gasteiger partial charge in [-0.3, -0.25) is 19.3 Å². The maximum Gasteiger partial charge on any atom is 0.291 e. The van der Waals surface area contributed by atoms with Crippen LogP contribution in [0.5, 0.6) is 11.5 Å². The quantitative estimate of drug-likeness (QED) is 0.319. The molecule has 2 aromatic rings. The van der Waals surface area contributed by atoms with Crippen LogP contribution in [0.3, 0.4) is 0 Å². The summed E-state index contributed by atoms with van der Waals surface area (Å²) in [5.41, 5.74) is 1.08. The molecule has 2 fully saturated rings. The minimum absolute atomic E-state index is 0.348. The molecule has 0 aliphatic carbocycles. The molecular formula is C26H30N2O6. The molecule has 2 unspecified atom stereocenters. The first-order valence-electron chi connectivity index (χ1n) is 11.6. The number of hydrogen-bond acceptors (Lipinski definition) is 7. The van der Waals surface area contributed by atoms with Crippen molar-refractivity contribution in [2.45, 2.75) is 13.0 Å². The van der Waals surface area contributed by atoms with Gasteiger partial charge < -0.3 is 19.1 Å². The SMILES string of the molecule is CCOc1cccc(C2C(C(=O)c3ccc(OC)cc3)C(=O)C(=O)N2CCN2CCOCC2)c1. The summed E-state index contributed by atoms with van der Waals surface area (Å²) in [6.07, 6.45) is 0. The van der Waals surface area contributed by atoms with Gasteiger partial charge in [0.15, 0.2) is 5.78 Å². The Morgan fingerprint density at radius 1 is 1.03 bits per heavy atom. The van der Waals surface area contributed by atoms with Crippen molar-refractivity contribution in [2.24, 2.45) is 5.92 Å². The number of hydrogen-bond donors (Lipinski definition) is 0. The Kier molecular flexibility index (Phi) is 7.59. The average Bonchev–Trinajstić information content (AvgIpc) is 3.13. The van der Waals surface area contributed by atoms with Crippen molar-refractivity contribution in [3.8, 4) is 11.5 Å². The first kappa shape index (κ1) is 23.9. The molecule has 0 bridgehead atoms. The molecule has 34 heavy (non-hydrogen) atoms. The average molecular weight is 467 g/mol. The lowest BCUT2D eigenvalue weighted by Gasteiger charge is -2.31. The zero-order valence-corrected chi connectivity index (χ0v) is 19.6. The topological polar surface area (TPSA) is 85.4 Å². The van der Waals surface area contributed by atoms with E-state index in [9.17, 15) is 14.4 Å². The molecule has 1 amide bonds. The Labute approximate surface area is 199 Å². The van der Waals surface area contributed by atoms with Crippen LogP contribution in [-0.2, 0) is 14.3 Å². The summed E-state index contributed by atoms with van der Waals surface area (Å²) in [6, 6.07) is 13.2. The summed E-state index contributed by atoms with van der Waals surface area (Å²) >= 11 is 0. The molecule has 0 saturated carbocycles. The molecule has 2 aliphatic heterocycles. The van der Waals surface area contributed by atoms with Crippen LogP contribution in [0, 0.1) is 5.92 Å². The van der Waals surface area contributed by atoms with Crippen LogP contribution in [0.15, 0.2) is 48.5 Å². The van der Waals surface area contributed by atoms with Crippen molar-refractivity contribution in [2.75, 3.05) is 53.1 Å². The van der Waals surface area contributed by atoms with E-state index in [1.807, 2.05) is 31.2 Å². The molecular weight excluding hydrogens is 436 g/mol. The second kappa shape index (κ2) is 10.8. The number of nitrogens with zero attached hydrogens (tertiary/aromatic N) is 2. The van der Waals surface area contributed by atoms with Gasteiger partial charge in [-0.05, 0) is 48.9 Å². The lowest BCUT2D eigenvalue weighted by Crippen LogP contribution is -2.42. The third-order valence-electron chi connectivity index (χ3n) is 6.33. The fraction of sp³-hybridized carbons (Fsp3) is 0.423. The van der Waals surface area contributed by atoms with Gasteiger partial charge in [0.05, 0.1) is 33.0 Å². The van der Waals surface area contributed by atoms with E-state index in [1.54, 1.807) is 36.3 Å². The number of amides is 1. The van der Waals surface area contributed by atoms with E-state index in [0.717, 1.165) is 13.1 Å². The molecule has 8 nitrogen and oxygen atoms in total. The van der Waals surface area contributed by atoms with Crippen molar-refractivity contribution >= 4 is 17.5 Å². The lowest BCUT2D eigenvalue weighted by atomic mass is 9.86. The molecule has 0 aromatic heterocycles. The molecule has 2 aliphatic rings. The fourth-order valence-corrected chi connectivity index (χ4v) is 4.56. The number of benzene rings is 2. The van der Waals surface area contributed by atoms with Gasteiger partial charge in [-0.15, -0.1) is 0 Å². The Balaban J connectivity index is 1.67. The molecule has 2 heterocycles. The maximum absolute atomic E-state index is 13.5. The van der Waals surface area contributed by atoms with Crippen molar-refractivity contribution in [3.05, 3.63) is 59.7 Å². The maximum atomic E-state index is 13.5. The number of carbonyl (C=O) groups excluding carboxylic acids is 3. The summed E-state index contributed by atoms with van der Waals surface area (Å²) in [5, 5.41) is 0. The van der Waals surface area contributed by atoms with E-state index < -0.39 is 23.7 Å². The van der Waals surface area contributed by atoms with Gasteiger partial charge in [0, 0.05) is 31.7 Å². The normalized spacial score (nSPS) is 21.1. The van der Waals surface area contributed by atoms with Gasteiger partial charge >= 0.3 is 0 Å². The first-order valence-corrected chi connectivity index (χ1v) is 11.6. The predicted molar refractivity (Wildman–Crippen MR) is 125 cm³/mol. The van der Waals surface area contributed by atoms with E-state index in [4.69, 9.17) is 14.2 Å². The number of likely N-dealkylation sites (tertiary alicyclic amines) is 1. The highest BCUT2D eigenvalue weighted by Gasteiger charge is 2.51. The zero-order valence-electron chi connectivity index (χ0n) is 19.6. The second-order valence-corrected chi connectivity index (χ2v) is 8.34. The van der Waals surface area contributed by atoms with Crippen LogP contribution >= 0.6 is 0 Å². The predicted octanol–water partition coefficient (Wildman–Crippen LogP) is 2.38. The van der Waals surface area contributed by atoms with Gasteiger partial charge in [0.2, 0.25) is 5.78 Å². The highest BCUT2D eigenvalue weighted by atomic mass is 16.5. The Morgan fingerprint density at radius 3 is 2.44 bits per heavy atom. The van der Waals surface area contributed by atoms with Gasteiger partial charge in [-0.1, -0.05) is 12.1 Å². The zero-order chi connectivity index (χ0) is 24.1. The minimum atomic E-state index is -1.12. The number of carbonyl (C=O) groups is 3. The highest BCUT2D eigenvalue weighted by molar-refractivity contribution is 6.44. The van der Waals surface area contributed by atoms with E-state index in [-0.39, 0.29) is 5.78 Å². The van der Waals surface area contributed by atoms with Gasteiger partial charge in [-0.25, -0.2) is 0 Å². The fourth-order valence-electron chi connectivity index (χ4n) is 4.56. The van der Waals surface area contributed by atoms with Crippen molar-refractivity contribution in [1.29, 1.82) is 0 Å². The molecule has 0 spiro atoms. The molecule has 0 radical (unpaired) electrons. The van der Waals surface area contributed by atoms with Gasteiger partial charge in [-0.2, -0.15) is 0 Å². The number of morpholine rings is 1. The third kappa shape index (κ3) is 4.98.